The molecule has 0 radical (unpaired) electrons. The van der Waals surface area contributed by atoms with Crippen molar-refractivity contribution in [2.75, 3.05) is 27.2 Å². The molecule has 1 saturated heterocycles. The number of benzene rings is 1. The molecule has 1 fully saturated rings. The number of hydrogen-bond donors (Lipinski definition) is 2. The number of aromatic nitrogens is 3. The Labute approximate surface area is 162 Å². The second-order valence-electron chi connectivity index (χ2n) is 6.80. The van der Waals surface area contributed by atoms with Gasteiger partial charge in [0.05, 0.1) is 5.69 Å². The molecule has 8 nitrogen and oxygen atoms in total. The van der Waals surface area contributed by atoms with E-state index in [0.29, 0.717) is 6.04 Å². The number of likely N-dealkylation sites (tertiary alicyclic amines) is 1. The fraction of sp³-hybridized carbons (Fsp3) is 0.300. The third kappa shape index (κ3) is 4.01. The zero-order chi connectivity index (χ0) is 20.1. The van der Waals surface area contributed by atoms with E-state index in [-0.39, 0.29) is 12.4 Å². The average Bonchev–Trinajstić information content (AvgIpc) is 3.37. The molecule has 0 saturated carbocycles. The van der Waals surface area contributed by atoms with E-state index in [4.69, 9.17) is 9.90 Å². The number of aromatic amines is 1. The first-order valence-electron chi connectivity index (χ1n) is 8.97. The highest BCUT2D eigenvalue weighted by atomic mass is 16.3. The van der Waals surface area contributed by atoms with Gasteiger partial charge in [-0.25, -0.2) is 9.97 Å². The predicted molar refractivity (Wildman–Crippen MR) is 106 cm³/mol. The second kappa shape index (κ2) is 8.62. The Balaban J connectivity index is 0.000000706. The second-order valence-corrected chi connectivity index (χ2v) is 6.80. The SMILES string of the molecule is CN(C)C1CCN(C(=O)c2ccc(-c3ncnc4[nH]ccc34)cc2)C1.O=CO. The van der Waals surface area contributed by atoms with Crippen LogP contribution in [0.4, 0.5) is 0 Å². The molecule has 3 aromatic rings. The molecule has 1 aromatic carbocycles. The molecule has 146 valence electrons. The number of carbonyl (C=O) groups is 2. The summed E-state index contributed by atoms with van der Waals surface area (Å²) in [5.41, 5.74) is 3.40. The number of amides is 1. The standard InChI is InChI=1S/C19H21N5O.CH2O2/c1-23(2)15-8-10-24(11-15)19(25)14-5-3-13(4-6-14)17-16-7-9-20-18(16)22-12-21-17;2-1-3/h3-7,9,12,15H,8,10-11H2,1-2H3,(H,20,21,22);1H,(H,2,3). The van der Waals surface area contributed by atoms with E-state index < -0.39 is 0 Å². The van der Waals surface area contributed by atoms with E-state index in [1.54, 1.807) is 6.33 Å². The molecule has 0 aliphatic carbocycles. The lowest BCUT2D eigenvalue weighted by molar-refractivity contribution is -0.122. The van der Waals surface area contributed by atoms with E-state index >= 15 is 0 Å². The average molecular weight is 381 g/mol. The van der Waals surface area contributed by atoms with Gasteiger partial charge in [-0.05, 0) is 38.7 Å². The molecule has 0 bridgehead atoms. The van der Waals surface area contributed by atoms with Gasteiger partial charge in [-0.15, -0.1) is 0 Å². The van der Waals surface area contributed by atoms with E-state index in [2.05, 4.69) is 33.9 Å². The van der Waals surface area contributed by atoms with Crippen molar-refractivity contribution >= 4 is 23.4 Å². The number of carboxylic acid groups (broad SMARTS) is 1. The van der Waals surface area contributed by atoms with Crippen LogP contribution in [-0.4, -0.2) is 75.5 Å². The van der Waals surface area contributed by atoms with Gasteiger partial charge in [0.15, 0.2) is 0 Å². The number of rotatable bonds is 3. The van der Waals surface area contributed by atoms with Gasteiger partial charge in [0.2, 0.25) is 0 Å². The maximum atomic E-state index is 12.7. The molecular weight excluding hydrogens is 358 g/mol. The van der Waals surface area contributed by atoms with Crippen LogP contribution >= 0.6 is 0 Å². The highest BCUT2D eigenvalue weighted by Gasteiger charge is 2.28. The Morgan fingerprint density at radius 2 is 1.96 bits per heavy atom. The number of fused-ring (bicyclic) bond motifs is 1. The minimum absolute atomic E-state index is 0.102. The number of hydrogen-bond acceptors (Lipinski definition) is 5. The van der Waals surface area contributed by atoms with Crippen molar-refractivity contribution in [1.29, 1.82) is 0 Å². The fourth-order valence-electron chi connectivity index (χ4n) is 3.40. The van der Waals surface area contributed by atoms with Crippen LogP contribution in [0.3, 0.4) is 0 Å². The third-order valence-electron chi connectivity index (χ3n) is 4.94. The van der Waals surface area contributed by atoms with Crippen LogP contribution in [0.15, 0.2) is 42.9 Å². The Bertz CT molecular complexity index is 952. The number of nitrogens with zero attached hydrogens (tertiary/aromatic N) is 4. The van der Waals surface area contributed by atoms with Gasteiger partial charge in [-0.1, -0.05) is 12.1 Å². The summed E-state index contributed by atoms with van der Waals surface area (Å²) in [7, 11) is 4.13. The van der Waals surface area contributed by atoms with E-state index in [1.165, 1.54) is 0 Å². The number of likely N-dealkylation sites (N-methyl/N-ethyl adjacent to an activating group) is 1. The van der Waals surface area contributed by atoms with Crippen LogP contribution in [0.1, 0.15) is 16.8 Å². The van der Waals surface area contributed by atoms with Crippen molar-refractivity contribution in [3.8, 4) is 11.3 Å². The van der Waals surface area contributed by atoms with Gasteiger partial charge in [0.1, 0.15) is 12.0 Å². The lowest BCUT2D eigenvalue weighted by atomic mass is 10.1. The predicted octanol–water partition coefficient (Wildman–Crippen LogP) is 2.10. The quantitative estimate of drug-likeness (QED) is 0.674. The van der Waals surface area contributed by atoms with Gasteiger partial charge in [-0.2, -0.15) is 0 Å². The number of carbonyl (C=O) groups excluding carboxylic acids is 1. The Hall–Kier alpha value is -3.26. The molecule has 1 unspecified atom stereocenters. The van der Waals surface area contributed by atoms with Crippen LogP contribution in [0.25, 0.3) is 22.3 Å². The monoisotopic (exact) mass is 381 g/mol. The molecule has 4 rings (SSSR count). The molecule has 2 N–H and O–H groups in total. The van der Waals surface area contributed by atoms with Crippen LogP contribution in [0.2, 0.25) is 0 Å². The lowest BCUT2D eigenvalue weighted by Gasteiger charge is -2.20. The lowest BCUT2D eigenvalue weighted by Crippen LogP contribution is -2.34. The molecule has 8 heteroatoms. The van der Waals surface area contributed by atoms with Crippen LogP contribution in [0.5, 0.6) is 0 Å². The summed E-state index contributed by atoms with van der Waals surface area (Å²) < 4.78 is 0. The Morgan fingerprint density at radius 1 is 1.25 bits per heavy atom. The normalized spacial score (nSPS) is 16.1. The van der Waals surface area contributed by atoms with Crippen LogP contribution in [-0.2, 0) is 4.79 Å². The molecule has 3 heterocycles. The molecule has 1 amide bonds. The largest absolute Gasteiger partial charge is 0.483 e. The smallest absolute Gasteiger partial charge is 0.290 e. The molecule has 2 aromatic heterocycles. The fourth-order valence-corrected chi connectivity index (χ4v) is 3.40. The number of H-pyrrole nitrogens is 1. The van der Waals surface area contributed by atoms with Crippen molar-refractivity contribution < 1.29 is 14.7 Å². The van der Waals surface area contributed by atoms with E-state index in [0.717, 1.165) is 47.4 Å². The summed E-state index contributed by atoms with van der Waals surface area (Å²) in [6.45, 7) is 1.36. The summed E-state index contributed by atoms with van der Waals surface area (Å²) >= 11 is 0. The van der Waals surface area contributed by atoms with Crippen molar-refractivity contribution in [2.45, 2.75) is 12.5 Å². The number of nitrogens with one attached hydrogen (secondary N) is 1. The van der Waals surface area contributed by atoms with Crippen LogP contribution in [0, 0.1) is 0 Å². The molecule has 1 aliphatic rings. The van der Waals surface area contributed by atoms with Crippen molar-refractivity contribution in [1.82, 2.24) is 24.8 Å². The zero-order valence-electron chi connectivity index (χ0n) is 15.9. The van der Waals surface area contributed by atoms with E-state index in [9.17, 15) is 4.79 Å². The van der Waals surface area contributed by atoms with Gasteiger partial charge in [0.25, 0.3) is 12.4 Å². The van der Waals surface area contributed by atoms with Crippen molar-refractivity contribution in [3.63, 3.8) is 0 Å². The zero-order valence-corrected chi connectivity index (χ0v) is 15.9. The van der Waals surface area contributed by atoms with Gasteiger partial charge >= 0.3 is 0 Å². The first-order chi connectivity index (χ1) is 13.5. The maximum absolute atomic E-state index is 12.7. The van der Waals surface area contributed by atoms with Gasteiger partial charge in [0, 0.05) is 41.8 Å². The summed E-state index contributed by atoms with van der Waals surface area (Å²) in [4.78, 5) is 36.9. The first kappa shape index (κ1) is 19.5. The molecule has 1 aliphatic heterocycles. The molecule has 28 heavy (non-hydrogen) atoms. The summed E-state index contributed by atoms with van der Waals surface area (Å²) in [5.74, 6) is 0.102. The Morgan fingerprint density at radius 3 is 2.61 bits per heavy atom. The molecular formula is C20H23N5O3. The Kier molecular flexibility index (Phi) is 6.00. The minimum atomic E-state index is -0.250. The third-order valence-corrected chi connectivity index (χ3v) is 4.94. The molecule has 0 spiro atoms. The topological polar surface area (TPSA) is 102 Å². The van der Waals surface area contributed by atoms with Crippen molar-refractivity contribution in [2.24, 2.45) is 0 Å². The summed E-state index contributed by atoms with van der Waals surface area (Å²) in [5, 5.41) is 7.87. The highest BCUT2D eigenvalue weighted by Crippen LogP contribution is 2.25. The van der Waals surface area contributed by atoms with Gasteiger partial charge < -0.3 is 19.9 Å². The maximum Gasteiger partial charge on any atom is 0.290 e. The van der Waals surface area contributed by atoms with Gasteiger partial charge in [-0.3, -0.25) is 9.59 Å². The van der Waals surface area contributed by atoms with Crippen LogP contribution < -0.4 is 0 Å². The summed E-state index contributed by atoms with van der Waals surface area (Å²) in [6.07, 6.45) is 4.44. The minimum Gasteiger partial charge on any atom is -0.483 e. The van der Waals surface area contributed by atoms with Crippen molar-refractivity contribution in [3.05, 3.63) is 48.4 Å². The highest BCUT2D eigenvalue weighted by molar-refractivity contribution is 5.96. The molecule has 1 atom stereocenters. The van der Waals surface area contributed by atoms with E-state index in [1.807, 2.05) is 41.4 Å². The summed E-state index contributed by atoms with van der Waals surface area (Å²) in [6, 6.07) is 10.1. The first-order valence-corrected chi connectivity index (χ1v) is 8.97.